The van der Waals surface area contributed by atoms with Gasteiger partial charge in [0.05, 0.1) is 15.5 Å². The number of anilines is 2. The van der Waals surface area contributed by atoms with Crippen molar-refractivity contribution in [3.05, 3.63) is 83.1 Å². The van der Waals surface area contributed by atoms with E-state index in [0.717, 1.165) is 17.8 Å². The molecule has 0 spiro atoms. The summed E-state index contributed by atoms with van der Waals surface area (Å²) < 4.78 is 41.0. The lowest BCUT2D eigenvalue weighted by Gasteiger charge is -2.36. The third-order valence-corrected chi connectivity index (χ3v) is 7.07. The Bertz CT molecular complexity index is 1260. The summed E-state index contributed by atoms with van der Waals surface area (Å²) in [5, 5.41) is 9.60. The average molecular weight is 526 g/mol. The number of benzene rings is 3. The Kier molecular flexibility index (Phi) is 7.91. The van der Waals surface area contributed by atoms with E-state index in [1.807, 2.05) is 12.1 Å². The number of carbonyl (C=O) groups is 1. The third kappa shape index (κ3) is 5.72. The van der Waals surface area contributed by atoms with E-state index in [1.165, 1.54) is 30.3 Å². The molecule has 7 nitrogen and oxygen atoms in total. The number of carbonyl (C=O) groups excluding carboxylic acids is 1. The predicted molar refractivity (Wildman–Crippen MR) is 132 cm³/mol. The number of halogens is 3. The van der Waals surface area contributed by atoms with Gasteiger partial charge in [0, 0.05) is 37.6 Å². The number of aromatic hydroxyl groups is 1. The second-order valence-electron chi connectivity index (χ2n) is 7.55. The fourth-order valence-corrected chi connectivity index (χ4v) is 4.85. The van der Waals surface area contributed by atoms with Gasteiger partial charge in [-0.15, -0.1) is 12.4 Å². The monoisotopic (exact) mass is 525 g/mol. The van der Waals surface area contributed by atoms with Gasteiger partial charge in [0.15, 0.2) is 0 Å². The zero-order valence-corrected chi connectivity index (χ0v) is 20.2. The second kappa shape index (κ2) is 10.5. The summed E-state index contributed by atoms with van der Waals surface area (Å²) in [6.07, 6.45) is 0. The van der Waals surface area contributed by atoms with Crippen LogP contribution in [0.3, 0.4) is 0 Å². The first-order valence-electron chi connectivity index (χ1n) is 10.1. The molecule has 1 aliphatic heterocycles. The van der Waals surface area contributed by atoms with Gasteiger partial charge in [0.25, 0.3) is 15.9 Å². The van der Waals surface area contributed by atoms with Crippen LogP contribution in [-0.4, -0.2) is 50.5 Å². The molecule has 3 aromatic carbocycles. The van der Waals surface area contributed by atoms with Crippen LogP contribution < -0.4 is 9.62 Å². The molecule has 11 heteroatoms. The quantitative estimate of drug-likeness (QED) is 0.516. The first-order chi connectivity index (χ1) is 15.7. The SMILES string of the molecule is Cl.O=C(c1cc(S(=O)(=O)Nc2ccc(F)cc2)ccc1Cl)N1CCN(c2ccc(O)cc2)CC1. The molecular formula is C23H22Cl2FN3O4S. The van der Waals surface area contributed by atoms with Gasteiger partial charge in [-0.2, -0.15) is 0 Å². The molecular weight excluding hydrogens is 504 g/mol. The molecule has 0 aromatic heterocycles. The maximum absolute atomic E-state index is 13.1. The Hall–Kier alpha value is -3.01. The molecule has 34 heavy (non-hydrogen) atoms. The smallest absolute Gasteiger partial charge is 0.261 e. The summed E-state index contributed by atoms with van der Waals surface area (Å²) in [4.78, 5) is 16.7. The van der Waals surface area contributed by atoms with Crippen LogP contribution in [0.25, 0.3) is 0 Å². The number of nitrogens with zero attached hydrogens (tertiary/aromatic N) is 2. The summed E-state index contributed by atoms with van der Waals surface area (Å²) in [7, 11) is -4.01. The molecule has 4 rings (SSSR count). The number of phenols is 1. The van der Waals surface area contributed by atoms with Crippen LogP contribution in [0.15, 0.2) is 71.6 Å². The van der Waals surface area contributed by atoms with E-state index in [0.29, 0.717) is 26.2 Å². The Balaban J connectivity index is 0.00000324. The lowest BCUT2D eigenvalue weighted by Crippen LogP contribution is -2.48. The molecule has 0 atom stereocenters. The lowest BCUT2D eigenvalue weighted by molar-refractivity contribution is 0.0746. The van der Waals surface area contributed by atoms with Gasteiger partial charge in [-0.1, -0.05) is 11.6 Å². The number of rotatable bonds is 5. The molecule has 0 radical (unpaired) electrons. The van der Waals surface area contributed by atoms with Crippen molar-refractivity contribution in [3.8, 4) is 5.75 Å². The van der Waals surface area contributed by atoms with E-state index in [4.69, 9.17) is 11.6 Å². The van der Waals surface area contributed by atoms with Crippen molar-refractivity contribution in [2.24, 2.45) is 0 Å². The lowest BCUT2D eigenvalue weighted by atomic mass is 10.1. The van der Waals surface area contributed by atoms with Gasteiger partial charge < -0.3 is 14.9 Å². The fourth-order valence-electron chi connectivity index (χ4n) is 3.57. The molecule has 1 saturated heterocycles. The highest BCUT2D eigenvalue weighted by Crippen LogP contribution is 2.25. The first kappa shape index (κ1) is 25.6. The van der Waals surface area contributed by atoms with Gasteiger partial charge in [0.1, 0.15) is 11.6 Å². The van der Waals surface area contributed by atoms with E-state index in [-0.39, 0.29) is 45.2 Å². The Morgan fingerprint density at radius 3 is 2.18 bits per heavy atom. The van der Waals surface area contributed by atoms with Crippen molar-refractivity contribution in [1.29, 1.82) is 0 Å². The van der Waals surface area contributed by atoms with E-state index < -0.39 is 15.8 Å². The summed E-state index contributed by atoms with van der Waals surface area (Å²) in [5.74, 6) is -0.655. The molecule has 3 aromatic rings. The number of piperazine rings is 1. The Morgan fingerprint density at radius 2 is 1.56 bits per heavy atom. The highest BCUT2D eigenvalue weighted by Gasteiger charge is 2.26. The van der Waals surface area contributed by atoms with Gasteiger partial charge in [0.2, 0.25) is 0 Å². The van der Waals surface area contributed by atoms with E-state index in [9.17, 15) is 22.7 Å². The van der Waals surface area contributed by atoms with Crippen LogP contribution in [0.1, 0.15) is 10.4 Å². The molecule has 180 valence electrons. The zero-order valence-electron chi connectivity index (χ0n) is 17.8. The summed E-state index contributed by atoms with van der Waals surface area (Å²) >= 11 is 6.24. The van der Waals surface area contributed by atoms with Crippen molar-refractivity contribution in [1.82, 2.24) is 4.90 Å². The minimum atomic E-state index is -4.01. The normalized spacial score (nSPS) is 13.8. The maximum Gasteiger partial charge on any atom is 0.261 e. The number of hydrogen-bond acceptors (Lipinski definition) is 5. The fraction of sp³-hybridized carbons (Fsp3) is 0.174. The van der Waals surface area contributed by atoms with Crippen LogP contribution in [0.2, 0.25) is 5.02 Å². The van der Waals surface area contributed by atoms with Crippen LogP contribution in [0.5, 0.6) is 5.75 Å². The van der Waals surface area contributed by atoms with Gasteiger partial charge in [-0.05, 0) is 66.7 Å². The van der Waals surface area contributed by atoms with Crippen molar-refractivity contribution in [3.63, 3.8) is 0 Å². The predicted octanol–water partition coefficient (Wildman–Crippen LogP) is 4.37. The molecule has 0 unspecified atom stereocenters. The molecule has 1 amide bonds. The van der Waals surface area contributed by atoms with Crippen molar-refractivity contribution in [2.45, 2.75) is 4.90 Å². The summed E-state index contributed by atoms with van der Waals surface area (Å²) in [6, 6.07) is 15.7. The minimum absolute atomic E-state index is 0. The number of nitrogens with one attached hydrogen (secondary N) is 1. The van der Waals surface area contributed by atoms with Crippen molar-refractivity contribution < 1.29 is 22.7 Å². The molecule has 1 fully saturated rings. The van der Waals surface area contributed by atoms with Crippen molar-refractivity contribution >= 4 is 51.3 Å². The number of hydrogen-bond donors (Lipinski definition) is 2. The average Bonchev–Trinajstić information content (AvgIpc) is 2.81. The molecule has 1 heterocycles. The van der Waals surface area contributed by atoms with Gasteiger partial charge in [-0.3, -0.25) is 9.52 Å². The number of amides is 1. The van der Waals surface area contributed by atoms with Crippen LogP contribution in [0, 0.1) is 5.82 Å². The molecule has 0 saturated carbocycles. The molecule has 0 aliphatic carbocycles. The standard InChI is InChI=1S/C23H21ClFN3O4S.ClH/c24-22-10-9-20(33(31,32)26-17-3-1-16(25)2-4-17)15-21(22)23(30)28-13-11-27(12-14-28)18-5-7-19(29)8-6-18;/h1-10,15,26,29H,11-14H2;1H. The molecule has 2 N–H and O–H groups in total. The molecule has 1 aliphatic rings. The second-order valence-corrected chi connectivity index (χ2v) is 9.64. The van der Waals surface area contributed by atoms with E-state index in [1.54, 1.807) is 17.0 Å². The van der Waals surface area contributed by atoms with Crippen LogP contribution >= 0.6 is 24.0 Å². The van der Waals surface area contributed by atoms with Crippen LogP contribution in [0.4, 0.5) is 15.8 Å². The largest absolute Gasteiger partial charge is 0.508 e. The zero-order chi connectivity index (χ0) is 23.6. The maximum atomic E-state index is 13.1. The molecule has 0 bridgehead atoms. The Labute approximate surface area is 208 Å². The highest BCUT2D eigenvalue weighted by atomic mass is 35.5. The van der Waals surface area contributed by atoms with Gasteiger partial charge >= 0.3 is 0 Å². The third-order valence-electron chi connectivity index (χ3n) is 5.36. The highest BCUT2D eigenvalue weighted by molar-refractivity contribution is 7.92. The van der Waals surface area contributed by atoms with E-state index in [2.05, 4.69) is 9.62 Å². The first-order valence-corrected chi connectivity index (χ1v) is 12.0. The van der Waals surface area contributed by atoms with E-state index >= 15 is 0 Å². The Morgan fingerprint density at radius 1 is 0.941 bits per heavy atom. The topological polar surface area (TPSA) is 90.0 Å². The van der Waals surface area contributed by atoms with Crippen LogP contribution in [-0.2, 0) is 10.0 Å². The van der Waals surface area contributed by atoms with Gasteiger partial charge in [-0.25, -0.2) is 12.8 Å². The summed E-state index contributed by atoms with van der Waals surface area (Å²) in [5.41, 5.74) is 1.24. The minimum Gasteiger partial charge on any atom is -0.508 e. The summed E-state index contributed by atoms with van der Waals surface area (Å²) in [6.45, 7) is 2.03. The van der Waals surface area contributed by atoms with Crippen molar-refractivity contribution in [2.75, 3.05) is 35.8 Å². The number of sulfonamides is 1. The number of phenolic OH excluding ortho intramolecular Hbond substituents is 1.